The number of halogens is 2. The smallest absolute Gasteiger partial charge is 0.321 e. The molecule has 3 N–H and O–H groups in total. The molecule has 0 radical (unpaired) electrons. The minimum atomic E-state index is -0.896. The quantitative estimate of drug-likeness (QED) is 0.267. The molecule has 0 aliphatic carbocycles. The Balaban J connectivity index is 1.39. The predicted molar refractivity (Wildman–Crippen MR) is 133 cm³/mol. The van der Waals surface area contributed by atoms with Crippen LogP contribution in [0.4, 0.5) is 4.39 Å². The number of benzene rings is 3. The van der Waals surface area contributed by atoms with Crippen LogP contribution in [0.1, 0.15) is 16.7 Å². The van der Waals surface area contributed by atoms with Crippen LogP contribution in [0.5, 0.6) is 0 Å². The number of rotatable bonds is 8. The third kappa shape index (κ3) is 4.42. The maximum atomic E-state index is 13.5. The zero-order valence-corrected chi connectivity index (χ0v) is 19.0. The first-order chi connectivity index (χ1) is 16.5. The van der Waals surface area contributed by atoms with Gasteiger partial charge in [-0.05, 0) is 41.0 Å². The third-order valence-electron chi connectivity index (χ3n) is 6.16. The van der Waals surface area contributed by atoms with Crippen molar-refractivity contribution in [2.75, 3.05) is 0 Å². The van der Waals surface area contributed by atoms with E-state index in [9.17, 15) is 14.3 Å². The molecular weight excluding hydrogens is 453 g/mol. The molecule has 0 saturated heterocycles. The molecule has 172 valence electrons. The SMILES string of the molecule is O=C(O)[C@@H](Cc1c[nH]c2ccccc12)NCc1cn(Cc2ccc(F)cc2Cl)c2ccccc12. The minimum absolute atomic E-state index is 0.364. The standard InChI is InChI=1S/C27H23ClFN3O2/c28-23-12-20(29)10-9-17(23)15-32-16-19(22-6-2-4-8-26(22)32)14-31-25(27(33)34)11-18-13-30-24-7-3-1-5-21(18)24/h1-10,12-13,16,25,30-31H,11,14-15H2,(H,33,34)/t25-/m1/s1. The molecule has 5 nitrogen and oxygen atoms in total. The summed E-state index contributed by atoms with van der Waals surface area (Å²) >= 11 is 6.25. The molecule has 0 amide bonds. The lowest BCUT2D eigenvalue weighted by atomic mass is 10.0. The third-order valence-corrected chi connectivity index (χ3v) is 6.51. The van der Waals surface area contributed by atoms with Gasteiger partial charge in [-0.1, -0.05) is 54.1 Å². The molecule has 0 saturated carbocycles. The highest BCUT2D eigenvalue weighted by molar-refractivity contribution is 6.31. The Morgan fingerprint density at radius 1 is 1.03 bits per heavy atom. The Labute approximate surface area is 200 Å². The molecule has 0 spiro atoms. The first-order valence-corrected chi connectivity index (χ1v) is 11.4. The highest BCUT2D eigenvalue weighted by atomic mass is 35.5. The number of carboxylic acids is 1. The van der Waals surface area contributed by atoms with E-state index in [-0.39, 0.29) is 5.82 Å². The van der Waals surface area contributed by atoms with Crippen molar-refractivity contribution in [3.05, 3.63) is 107 Å². The summed E-state index contributed by atoms with van der Waals surface area (Å²) in [6.45, 7) is 0.876. The van der Waals surface area contributed by atoms with Crippen LogP contribution in [0.3, 0.4) is 0 Å². The van der Waals surface area contributed by atoms with Crippen molar-refractivity contribution < 1.29 is 14.3 Å². The van der Waals surface area contributed by atoms with Gasteiger partial charge < -0.3 is 14.7 Å². The van der Waals surface area contributed by atoms with E-state index >= 15 is 0 Å². The lowest BCUT2D eigenvalue weighted by Crippen LogP contribution is -2.38. The Hall–Kier alpha value is -3.61. The van der Waals surface area contributed by atoms with Gasteiger partial charge in [-0.15, -0.1) is 0 Å². The summed E-state index contributed by atoms with van der Waals surface area (Å²) in [6.07, 6.45) is 4.24. The molecule has 5 aromatic rings. The Morgan fingerprint density at radius 3 is 2.59 bits per heavy atom. The number of nitrogens with zero attached hydrogens (tertiary/aromatic N) is 1. The van der Waals surface area contributed by atoms with Crippen LogP contribution in [-0.2, 0) is 24.3 Å². The molecule has 0 aliphatic rings. The number of aromatic nitrogens is 2. The predicted octanol–water partition coefficient (Wildman–Crippen LogP) is 5.75. The van der Waals surface area contributed by atoms with Gasteiger partial charge in [0.2, 0.25) is 0 Å². The van der Waals surface area contributed by atoms with Crippen molar-refractivity contribution in [3.8, 4) is 0 Å². The lowest BCUT2D eigenvalue weighted by molar-refractivity contribution is -0.139. The molecule has 2 aromatic heterocycles. The van der Waals surface area contributed by atoms with E-state index < -0.39 is 12.0 Å². The number of hydrogen-bond acceptors (Lipinski definition) is 2. The first-order valence-electron chi connectivity index (χ1n) is 11.0. The second-order valence-corrected chi connectivity index (χ2v) is 8.78. The van der Waals surface area contributed by atoms with Crippen molar-refractivity contribution in [3.63, 3.8) is 0 Å². The molecule has 5 rings (SSSR count). The number of aliphatic carboxylic acids is 1. The fraction of sp³-hybridized carbons (Fsp3) is 0.148. The maximum Gasteiger partial charge on any atom is 0.321 e. The van der Waals surface area contributed by atoms with E-state index in [2.05, 4.69) is 14.9 Å². The number of hydrogen-bond donors (Lipinski definition) is 3. The van der Waals surface area contributed by atoms with Crippen LogP contribution in [0.25, 0.3) is 21.8 Å². The number of aromatic amines is 1. The zero-order chi connectivity index (χ0) is 23.7. The molecule has 1 atom stereocenters. The van der Waals surface area contributed by atoms with Gasteiger partial charge >= 0.3 is 5.97 Å². The van der Waals surface area contributed by atoms with Crippen molar-refractivity contribution in [2.45, 2.75) is 25.6 Å². The van der Waals surface area contributed by atoms with Crippen LogP contribution >= 0.6 is 11.6 Å². The number of carboxylic acid groups (broad SMARTS) is 1. The lowest BCUT2D eigenvalue weighted by Gasteiger charge is -2.14. The van der Waals surface area contributed by atoms with E-state index in [0.29, 0.717) is 24.5 Å². The number of H-pyrrole nitrogens is 1. The highest BCUT2D eigenvalue weighted by Crippen LogP contribution is 2.25. The van der Waals surface area contributed by atoms with Crippen LogP contribution in [0.2, 0.25) is 5.02 Å². The topological polar surface area (TPSA) is 70.0 Å². The largest absolute Gasteiger partial charge is 0.480 e. The summed E-state index contributed by atoms with van der Waals surface area (Å²) in [7, 11) is 0. The summed E-state index contributed by atoms with van der Waals surface area (Å²) in [4.78, 5) is 15.2. The van der Waals surface area contributed by atoms with Gasteiger partial charge in [0.15, 0.2) is 0 Å². The summed E-state index contributed by atoms with van der Waals surface area (Å²) in [6, 6.07) is 19.5. The molecule has 0 aliphatic heterocycles. The summed E-state index contributed by atoms with van der Waals surface area (Å²) in [5.41, 5.74) is 4.75. The second kappa shape index (κ2) is 9.33. The Kier molecular flexibility index (Phi) is 6.09. The van der Waals surface area contributed by atoms with Crippen LogP contribution < -0.4 is 5.32 Å². The summed E-state index contributed by atoms with van der Waals surface area (Å²) in [5.74, 6) is -1.27. The summed E-state index contributed by atoms with van der Waals surface area (Å²) < 4.78 is 15.5. The number of carbonyl (C=O) groups is 1. The van der Waals surface area contributed by atoms with Gasteiger partial charge in [-0.25, -0.2) is 4.39 Å². The first kappa shape index (κ1) is 22.2. The van der Waals surface area contributed by atoms with Crippen LogP contribution in [0.15, 0.2) is 79.1 Å². The van der Waals surface area contributed by atoms with Crippen molar-refractivity contribution in [1.29, 1.82) is 0 Å². The van der Waals surface area contributed by atoms with Crippen LogP contribution in [-0.4, -0.2) is 26.7 Å². The second-order valence-electron chi connectivity index (χ2n) is 8.37. The average molecular weight is 476 g/mol. The molecule has 0 bridgehead atoms. The number of nitrogens with one attached hydrogen (secondary N) is 2. The van der Waals surface area contributed by atoms with Gasteiger partial charge in [-0.2, -0.15) is 0 Å². The van der Waals surface area contributed by atoms with Gasteiger partial charge in [0.05, 0.1) is 0 Å². The minimum Gasteiger partial charge on any atom is -0.480 e. The van der Waals surface area contributed by atoms with E-state index in [0.717, 1.165) is 38.5 Å². The molecule has 0 unspecified atom stereocenters. The van der Waals surface area contributed by atoms with E-state index in [1.165, 1.54) is 12.1 Å². The maximum absolute atomic E-state index is 13.5. The Morgan fingerprint density at radius 2 is 1.79 bits per heavy atom. The van der Waals surface area contributed by atoms with Crippen molar-refractivity contribution in [1.82, 2.24) is 14.9 Å². The highest BCUT2D eigenvalue weighted by Gasteiger charge is 2.20. The van der Waals surface area contributed by atoms with E-state index in [1.54, 1.807) is 6.07 Å². The molecule has 3 aromatic carbocycles. The van der Waals surface area contributed by atoms with Crippen molar-refractivity contribution in [2.24, 2.45) is 0 Å². The zero-order valence-electron chi connectivity index (χ0n) is 18.3. The fourth-order valence-corrected chi connectivity index (χ4v) is 4.66. The monoisotopic (exact) mass is 475 g/mol. The molecule has 0 fully saturated rings. The van der Waals surface area contributed by atoms with Gasteiger partial charge in [0.1, 0.15) is 11.9 Å². The van der Waals surface area contributed by atoms with E-state index in [1.807, 2.05) is 60.9 Å². The van der Waals surface area contributed by atoms with Gasteiger partial charge in [0, 0.05) is 58.7 Å². The van der Waals surface area contributed by atoms with Crippen molar-refractivity contribution >= 4 is 39.4 Å². The number of para-hydroxylation sites is 2. The number of fused-ring (bicyclic) bond motifs is 2. The van der Waals surface area contributed by atoms with Crippen LogP contribution in [0, 0.1) is 5.82 Å². The molecule has 34 heavy (non-hydrogen) atoms. The normalized spacial score (nSPS) is 12.4. The fourth-order valence-electron chi connectivity index (χ4n) is 4.43. The van der Waals surface area contributed by atoms with E-state index in [4.69, 9.17) is 11.6 Å². The summed E-state index contributed by atoms with van der Waals surface area (Å²) in [5, 5.41) is 15.5. The van der Waals surface area contributed by atoms with Gasteiger partial charge in [-0.3, -0.25) is 10.1 Å². The molecule has 2 heterocycles. The molecule has 7 heteroatoms. The molecular formula is C27H23ClFN3O2. The van der Waals surface area contributed by atoms with Gasteiger partial charge in [0.25, 0.3) is 0 Å². The Bertz CT molecular complexity index is 1490. The average Bonchev–Trinajstić information content (AvgIpc) is 3.40.